The minimum atomic E-state index is -0.738. The van der Waals surface area contributed by atoms with Crippen molar-refractivity contribution in [1.82, 2.24) is 0 Å². The predicted molar refractivity (Wildman–Crippen MR) is 97.4 cm³/mol. The number of carboxylic acid groups (broad SMARTS) is 1. The summed E-state index contributed by atoms with van der Waals surface area (Å²) in [6, 6.07) is 0. The maximum Gasteiger partial charge on any atom is 0.303 e. The van der Waals surface area contributed by atoms with E-state index in [1.807, 2.05) is 36.5 Å². The number of carboxylic acids is 1. The Balaban J connectivity index is 3.62. The Kier molecular flexibility index (Phi) is 15.6. The third-order valence-electron chi connectivity index (χ3n) is 3.30. The number of aliphatic hydroxyl groups excluding tert-OH is 1. The van der Waals surface area contributed by atoms with Gasteiger partial charge in [0.1, 0.15) is 0 Å². The molecule has 1 atom stereocenters. The summed E-state index contributed by atoms with van der Waals surface area (Å²) in [6.07, 6.45) is 23.5. The maximum atomic E-state index is 10.3. The quantitative estimate of drug-likeness (QED) is 0.263. The van der Waals surface area contributed by atoms with E-state index >= 15 is 0 Å². The Hall–Kier alpha value is -1.61. The highest BCUT2D eigenvalue weighted by molar-refractivity contribution is 5.66. The molecule has 0 aromatic carbocycles. The van der Waals surface area contributed by atoms with Crippen molar-refractivity contribution in [2.24, 2.45) is 0 Å². The van der Waals surface area contributed by atoms with Gasteiger partial charge in [-0.2, -0.15) is 0 Å². The minimum Gasteiger partial charge on any atom is -0.481 e. The van der Waals surface area contributed by atoms with Crippen molar-refractivity contribution >= 4 is 5.97 Å². The van der Waals surface area contributed by atoms with E-state index in [4.69, 9.17) is 5.11 Å². The van der Waals surface area contributed by atoms with Crippen LogP contribution in [0.5, 0.6) is 0 Å². The van der Waals surface area contributed by atoms with Gasteiger partial charge < -0.3 is 10.2 Å². The number of aliphatic hydroxyl groups is 1. The Morgan fingerprint density at radius 1 is 0.957 bits per heavy atom. The van der Waals surface area contributed by atoms with Crippen LogP contribution in [0.1, 0.15) is 64.7 Å². The fourth-order valence-corrected chi connectivity index (χ4v) is 1.96. The number of hydrogen-bond acceptors (Lipinski definition) is 2. The van der Waals surface area contributed by atoms with Crippen molar-refractivity contribution in [3.63, 3.8) is 0 Å². The molecule has 0 saturated carbocycles. The summed E-state index contributed by atoms with van der Waals surface area (Å²) in [5.41, 5.74) is 0. The van der Waals surface area contributed by atoms with Crippen LogP contribution in [-0.2, 0) is 4.79 Å². The molecule has 23 heavy (non-hydrogen) atoms. The molecule has 2 N–H and O–H groups in total. The van der Waals surface area contributed by atoms with Crippen molar-refractivity contribution < 1.29 is 15.0 Å². The Morgan fingerprint density at radius 3 is 2.43 bits per heavy atom. The van der Waals surface area contributed by atoms with Gasteiger partial charge in [0.15, 0.2) is 0 Å². The second-order valence-corrected chi connectivity index (χ2v) is 5.58. The molecule has 0 amide bonds. The maximum absolute atomic E-state index is 10.3. The highest BCUT2D eigenvalue weighted by atomic mass is 16.4. The van der Waals surface area contributed by atoms with Crippen molar-refractivity contribution in [3.05, 3.63) is 48.6 Å². The van der Waals surface area contributed by atoms with Crippen LogP contribution in [0.3, 0.4) is 0 Å². The summed E-state index contributed by atoms with van der Waals surface area (Å²) in [4.78, 5) is 10.3. The second-order valence-electron chi connectivity index (χ2n) is 5.58. The summed E-state index contributed by atoms with van der Waals surface area (Å²) < 4.78 is 0. The van der Waals surface area contributed by atoms with Crippen LogP contribution in [0.4, 0.5) is 0 Å². The summed E-state index contributed by atoms with van der Waals surface area (Å²) in [5.74, 6) is -0.738. The van der Waals surface area contributed by atoms with Gasteiger partial charge in [-0.25, -0.2) is 0 Å². The second kappa shape index (κ2) is 16.8. The van der Waals surface area contributed by atoms with Gasteiger partial charge in [0.2, 0.25) is 0 Å². The van der Waals surface area contributed by atoms with E-state index in [0.29, 0.717) is 12.8 Å². The lowest BCUT2D eigenvalue weighted by molar-refractivity contribution is -0.137. The molecule has 0 aliphatic carbocycles. The summed E-state index contributed by atoms with van der Waals surface area (Å²) >= 11 is 0. The van der Waals surface area contributed by atoms with Gasteiger partial charge in [0, 0.05) is 6.42 Å². The summed E-state index contributed by atoms with van der Waals surface area (Å²) in [7, 11) is 0. The lowest BCUT2D eigenvalue weighted by Gasteiger charge is -1.99. The van der Waals surface area contributed by atoms with Crippen molar-refractivity contribution in [1.29, 1.82) is 0 Å². The number of rotatable bonds is 14. The molecular formula is C20H32O3. The van der Waals surface area contributed by atoms with Crippen LogP contribution in [0.25, 0.3) is 0 Å². The number of carbonyl (C=O) groups is 1. The van der Waals surface area contributed by atoms with E-state index in [9.17, 15) is 9.90 Å². The molecule has 0 spiro atoms. The summed E-state index contributed by atoms with van der Waals surface area (Å²) in [6.45, 7) is 2.20. The molecule has 0 aromatic heterocycles. The first-order valence-corrected chi connectivity index (χ1v) is 8.70. The first kappa shape index (κ1) is 21.4. The molecule has 0 aliphatic heterocycles. The first-order chi connectivity index (χ1) is 11.2. The van der Waals surface area contributed by atoms with E-state index in [2.05, 4.69) is 13.0 Å². The SMILES string of the molecule is CCCCCC=CC[C@@H](O)C=CC=CCC=CCCCC(=O)O. The molecule has 0 unspecified atom stereocenters. The molecular weight excluding hydrogens is 288 g/mol. The Bertz CT molecular complexity index is 392. The Labute approximate surface area is 141 Å². The zero-order valence-corrected chi connectivity index (χ0v) is 14.4. The van der Waals surface area contributed by atoms with E-state index < -0.39 is 12.1 Å². The lowest BCUT2D eigenvalue weighted by Crippen LogP contribution is -1.98. The number of aliphatic carboxylic acids is 1. The summed E-state index contributed by atoms with van der Waals surface area (Å²) in [5, 5.41) is 18.3. The first-order valence-electron chi connectivity index (χ1n) is 8.70. The lowest BCUT2D eigenvalue weighted by atomic mass is 10.1. The molecule has 0 aromatic rings. The van der Waals surface area contributed by atoms with Gasteiger partial charge in [0.05, 0.1) is 6.10 Å². The molecule has 0 heterocycles. The highest BCUT2D eigenvalue weighted by Gasteiger charge is 1.93. The van der Waals surface area contributed by atoms with Crippen molar-refractivity contribution in [3.8, 4) is 0 Å². The number of unbranched alkanes of at least 4 members (excludes halogenated alkanes) is 4. The van der Waals surface area contributed by atoms with Crippen LogP contribution in [0.15, 0.2) is 48.6 Å². The van der Waals surface area contributed by atoms with Gasteiger partial charge in [-0.05, 0) is 38.5 Å². The Morgan fingerprint density at radius 2 is 1.70 bits per heavy atom. The van der Waals surface area contributed by atoms with E-state index in [-0.39, 0.29) is 6.42 Å². The topological polar surface area (TPSA) is 57.5 Å². The predicted octanol–water partition coefficient (Wildman–Crippen LogP) is 5.19. The van der Waals surface area contributed by atoms with Crippen molar-refractivity contribution in [2.45, 2.75) is 70.8 Å². The molecule has 0 saturated heterocycles. The largest absolute Gasteiger partial charge is 0.481 e. The average molecular weight is 320 g/mol. The molecule has 0 radical (unpaired) electrons. The fraction of sp³-hybridized carbons (Fsp3) is 0.550. The standard InChI is InChI=1S/C20H32O3/c1-2-3-4-5-10-13-16-19(21)17-14-11-8-6-7-9-12-15-18-20(22)23/h7-11,13-14,17,19,21H,2-6,12,15-16,18H2,1H3,(H,22,23)/t19-/m1/s1. The van der Waals surface area contributed by atoms with Crippen LogP contribution in [-0.4, -0.2) is 22.3 Å². The third kappa shape index (κ3) is 18.3. The van der Waals surface area contributed by atoms with Gasteiger partial charge in [-0.15, -0.1) is 0 Å². The van der Waals surface area contributed by atoms with Gasteiger partial charge >= 0.3 is 5.97 Å². The fourth-order valence-electron chi connectivity index (χ4n) is 1.96. The minimum absolute atomic E-state index is 0.230. The molecule has 3 nitrogen and oxygen atoms in total. The monoisotopic (exact) mass is 320 g/mol. The van der Waals surface area contributed by atoms with Crippen LogP contribution in [0, 0.1) is 0 Å². The third-order valence-corrected chi connectivity index (χ3v) is 3.30. The molecule has 130 valence electrons. The smallest absolute Gasteiger partial charge is 0.303 e. The van der Waals surface area contributed by atoms with Crippen LogP contribution in [0.2, 0.25) is 0 Å². The van der Waals surface area contributed by atoms with Crippen molar-refractivity contribution in [2.75, 3.05) is 0 Å². The number of allylic oxidation sites excluding steroid dienone is 6. The normalized spacial score (nSPS) is 13.8. The van der Waals surface area contributed by atoms with Gasteiger partial charge in [0.25, 0.3) is 0 Å². The molecule has 0 bridgehead atoms. The molecule has 0 rings (SSSR count). The highest BCUT2D eigenvalue weighted by Crippen LogP contribution is 2.02. The van der Waals surface area contributed by atoms with E-state index in [1.165, 1.54) is 19.3 Å². The molecule has 3 heteroatoms. The molecule has 0 fully saturated rings. The molecule has 0 aliphatic rings. The van der Waals surface area contributed by atoms with Gasteiger partial charge in [-0.3, -0.25) is 4.79 Å². The van der Waals surface area contributed by atoms with E-state index in [0.717, 1.165) is 19.3 Å². The average Bonchev–Trinajstić information content (AvgIpc) is 2.52. The zero-order valence-electron chi connectivity index (χ0n) is 14.4. The van der Waals surface area contributed by atoms with Crippen LogP contribution >= 0.6 is 0 Å². The van der Waals surface area contributed by atoms with Crippen LogP contribution < -0.4 is 0 Å². The zero-order chi connectivity index (χ0) is 17.2. The van der Waals surface area contributed by atoms with Gasteiger partial charge in [-0.1, -0.05) is 68.4 Å². The van der Waals surface area contributed by atoms with E-state index in [1.54, 1.807) is 6.08 Å². The number of hydrogen-bond donors (Lipinski definition) is 2.